The van der Waals surface area contributed by atoms with E-state index in [1.54, 1.807) is 48.5 Å². The topological polar surface area (TPSA) is 70.5 Å². The van der Waals surface area contributed by atoms with Crippen molar-refractivity contribution in [2.75, 3.05) is 0 Å². The van der Waals surface area contributed by atoms with E-state index in [9.17, 15) is 14.7 Å². The Morgan fingerprint density at radius 1 is 1.14 bits per heavy atom. The van der Waals surface area contributed by atoms with E-state index < -0.39 is 17.9 Å². The quantitative estimate of drug-likeness (QED) is 0.459. The molecule has 3 aromatic rings. The number of fused-ring (bicyclic) bond motifs is 1. The van der Waals surface area contributed by atoms with Crippen LogP contribution in [0.1, 0.15) is 17.3 Å². The van der Waals surface area contributed by atoms with Crippen LogP contribution < -0.4 is 0 Å². The highest BCUT2D eigenvalue weighted by Crippen LogP contribution is 2.38. The maximum Gasteiger partial charge on any atom is 0.331 e. The van der Waals surface area contributed by atoms with Crippen molar-refractivity contribution in [1.29, 1.82) is 0 Å². The summed E-state index contributed by atoms with van der Waals surface area (Å²) in [5.74, 6) is -1.61. The van der Waals surface area contributed by atoms with E-state index in [0.717, 1.165) is 22.0 Å². The number of hydrogen-bond acceptors (Lipinski definition) is 5. The molecule has 0 saturated carbocycles. The van der Waals surface area contributed by atoms with Gasteiger partial charge < -0.3 is 5.11 Å². The molecule has 29 heavy (non-hydrogen) atoms. The van der Waals surface area contributed by atoms with Gasteiger partial charge in [-0.1, -0.05) is 84.1 Å². The van der Waals surface area contributed by atoms with Crippen molar-refractivity contribution in [3.63, 3.8) is 0 Å². The maximum atomic E-state index is 13.0. The number of thiocarbonyl (C=S) groups is 1. The zero-order valence-electron chi connectivity index (χ0n) is 14.8. The molecule has 144 valence electrons. The zero-order valence-corrected chi connectivity index (χ0v) is 17.2. The molecule has 8 heteroatoms. The Hall–Kier alpha value is -2.74. The Morgan fingerprint density at radius 2 is 1.90 bits per heavy atom. The van der Waals surface area contributed by atoms with Gasteiger partial charge in [0.05, 0.1) is 21.1 Å². The fraction of sp³-hybridized carbons (Fsp3) is 0.0476. The number of aromatic nitrogens is 1. The van der Waals surface area contributed by atoms with Crippen molar-refractivity contribution in [3.8, 4) is 0 Å². The number of halogens is 1. The number of carboxylic acids is 1. The number of carboxylic acid groups (broad SMARTS) is 1. The number of thioether (sulfide) groups is 1. The lowest BCUT2D eigenvalue weighted by Crippen LogP contribution is -2.37. The highest BCUT2D eigenvalue weighted by Gasteiger charge is 2.41. The number of hydrogen-bond donors (Lipinski definition) is 1. The van der Waals surface area contributed by atoms with Crippen LogP contribution in [0.25, 0.3) is 17.0 Å². The van der Waals surface area contributed by atoms with E-state index in [1.807, 2.05) is 18.2 Å². The average Bonchev–Trinajstić information content (AvgIpc) is 2.97. The summed E-state index contributed by atoms with van der Waals surface area (Å²) >= 11 is 12.6. The minimum Gasteiger partial charge on any atom is -0.479 e. The van der Waals surface area contributed by atoms with Crippen molar-refractivity contribution >= 4 is 68.8 Å². The summed E-state index contributed by atoms with van der Waals surface area (Å²) < 4.78 is 0.191. The molecule has 1 aliphatic heterocycles. The van der Waals surface area contributed by atoms with E-state index in [-0.39, 0.29) is 4.32 Å². The first-order valence-corrected chi connectivity index (χ1v) is 10.2. The third kappa shape index (κ3) is 3.76. The molecule has 4 rings (SSSR count). The Labute approximate surface area is 181 Å². The zero-order chi connectivity index (χ0) is 20.5. The first kappa shape index (κ1) is 19.6. The van der Waals surface area contributed by atoms with Gasteiger partial charge in [0, 0.05) is 5.39 Å². The van der Waals surface area contributed by atoms with E-state index in [1.165, 1.54) is 0 Å². The summed E-state index contributed by atoms with van der Waals surface area (Å²) in [4.78, 5) is 30.9. The van der Waals surface area contributed by atoms with Gasteiger partial charge in [-0.15, -0.1) is 0 Å². The second kappa shape index (κ2) is 7.94. The van der Waals surface area contributed by atoms with Crippen LogP contribution in [0.3, 0.4) is 0 Å². The van der Waals surface area contributed by atoms with Gasteiger partial charge in [-0.05, 0) is 23.8 Å². The number of rotatable bonds is 4. The number of aliphatic carboxylic acids is 1. The molecule has 2 heterocycles. The second-order valence-electron chi connectivity index (χ2n) is 6.25. The third-order valence-electron chi connectivity index (χ3n) is 4.40. The SMILES string of the molecule is O=C(O)C(c1ccccc1)N1C(=O)/C(=C/c2ccc3cccc(Cl)c3n2)SC1=S. The Balaban J connectivity index is 1.71. The van der Waals surface area contributed by atoms with Gasteiger partial charge in [0.25, 0.3) is 5.91 Å². The van der Waals surface area contributed by atoms with Crippen molar-refractivity contribution in [3.05, 3.63) is 81.8 Å². The van der Waals surface area contributed by atoms with Crippen molar-refractivity contribution in [2.45, 2.75) is 6.04 Å². The Bertz CT molecular complexity index is 1180. The van der Waals surface area contributed by atoms with Crippen molar-refractivity contribution in [2.24, 2.45) is 0 Å². The predicted molar refractivity (Wildman–Crippen MR) is 119 cm³/mol. The molecule has 0 spiro atoms. The maximum absolute atomic E-state index is 13.0. The average molecular weight is 441 g/mol. The van der Waals surface area contributed by atoms with Gasteiger partial charge in [0.2, 0.25) is 0 Å². The molecular formula is C21H13ClN2O3S2. The van der Waals surface area contributed by atoms with Gasteiger partial charge in [-0.25, -0.2) is 9.78 Å². The highest BCUT2D eigenvalue weighted by atomic mass is 35.5. The second-order valence-corrected chi connectivity index (χ2v) is 8.33. The lowest BCUT2D eigenvalue weighted by Gasteiger charge is -2.23. The smallest absolute Gasteiger partial charge is 0.331 e. The van der Waals surface area contributed by atoms with Crippen LogP contribution in [0, 0.1) is 0 Å². The molecule has 1 aromatic heterocycles. The molecule has 1 saturated heterocycles. The minimum atomic E-state index is -1.19. The molecule has 1 amide bonds. The number of carbonyl (C=O) groups excluding carboxylic acids is 1. The molecule has 2 aromatic carbocycles. The molecule has 1 fully saturated rings. The van der Waals surface area contributed by atoms with E-state index in [2.05, 4.69) is 4.98 Å². The van der Waals surface area contributed by atoms with Gasteiger partial charge >= 0.3 is 5.97 Å². The normalized spacial score (nSPS) is 16.6. The molecule has 1 unspecified atom stereocenters. The van der Waals surface area contributed by atoms with Gasteiger partial charge in [0.1, 0.15) is 4.32 Å². The minimum absolute atomic E-state index is 0.191. The summed E-state index contributed by atoms with van der Waals surface area (Å²) in [6.07, 6.45) is 1.60. The summed E-state index contributed by atoms with van der Waals surface area (Å²) in [7, 11) is 0. The summed E-state index contributed by atoms with van der Waals surface area (Å²) in [5, 5.41) is 11.1. The summed E-state index contributed by atoms with van der Waals surface area (Å²) in [5.41, 5.74) is 1.65. The van der Waals surface area contributed by atoms with Crippen LogP contribution in [-0.4, -0.2) is 31.2 Å². The highest BCUT2D eigenvalue weighted by molar-refractivity contribution is 8.26. The molecule has 1 N–H and O–H groups in total. The predicted octanol–water partition coefficient (Wildman–Crippen LogP) is 4.92. The number of carbonyl (C=O) groups is 2. The molecule has 0 radical (unpaired) electrons. The summed E-state index contributed by atoms with van der Waals surface area (Å²) in [6.45, 7) is 0. The monoisotopic (exact) mass is 440 g/mol. The first-order valence-electron chi connectivity index (χ1n) is 8.56. The fourth-order valence-electron chi connectivity index (χ4n) is 3.08. The number of pyridine rings is 1. The fourth-order valence-corrected chi connectivity index (χ4v) is 4.60. The first-order chi connectivity index (χ1) is 14.0. The van der Waals surface area contributed by atoms with Crippen LogP contribution in [0.15, 0.2) is 65.6 Å². The van der Waals surface area contributed by atoms with Crippen molar-refractivity contribution in [1.82, 2.24) is 9.88 Å². The van der Waals surface area contributed by atoms with E-state index in [0.29, 0.717) is 26.7 Å². The number of amides is 1. The Morgan fingerprint density at radius 3 is 2.62 bits per heavy atom. The van der Waals surface area contributed by atoms with Crippen LogP contribution in [0.2, 0.25) is 5.02 Å². The molecule has 5 nitrogen and oxygen atoms in total. The van der Waals surface area contributed by atoms with E-state index in [4.69, 9.17) is 23.8 Å². The molecule has 0 aliphatic carbocycles. The van der Waals surface area contributed by atoms with Crippen LogP contribution in [-0.2, 0) is 9.59 Å². The lowest BCUT2D eigenvalue weighted by atomic mass is 10.1. The largest absolute Gasteiger partial charge is 0.479 e. The molecule has 0 bridgehead atoms. The lowest BCUT2D eigenvalue weighted by molar-refractivity contribution is -0.145. The summed E-state index contributed by atoms with van der Waals surface area (Å²) in [6, 6.07) is 16.5. The van der Waals surface area contributed by atoms with Gasteiger partial charge in [0.15, 0.2) is 6.04 Å². The van der Waals surface area contributed by atoms with Crippen LogP contribution >= 0.6 is 35.6 Å². The standard InChI is InChI=1S/C21H13ClN2O3S2/c22-15-8-4-7-12-9-10-14(23-17(12)15)11-16-19(25)24(21(28)29-16)18(20(26)27)13-5-2-1-3-6-13/h1-11,18H,(H,26,27)/b16-11-. The van der Waals surface area contributed by atoms with Crippen molar-refractivity contribution < 1.29 is 14.7 Å². The number of para-hydroxylation sites is 1. The van der Waals surface area contributed by atoms with Crippen LogP contribution in [0.4, 0.5) is 0 Å². The van der Waals surface area contributed by atoms with Gasteiger partial charge in [-0.3, -0.25) is 9.69 Å². The van der Waals surface area contributed by atoms with E-state index >= 15 is 0 Å². The molecule has 1 aliphatic rings. The molecular weight excluding hydrogens is 428 g/mol. The third-order valence-corrected chi connectivity index (χ3v) is 6.04. The number of benzene rings is 2. The van der Waals surface area contributed by atoms with Gasteiger partial charge in [-0.2, -0.15) is 0 Å². The number of nitrogens with zero attached hydrogens (tertiary/aromatic N) is 2. The molecule has 1 atom stereocenters. The van der Waals surface area contributed by atoms with Crippen LogP contribution in [0.5, 0.6) is 0 Å². The Kier molecular flexibility index (Phi) is 5.36.